The van der Waals surface area contributed by atoms with Crippen molar-refractivity contribution in [1.82, 2.24) is 10.4 Å². The van der Waals surface area contributed by atoms with Crippen LogP contribution in [0.4, 0.5) is 4.39 Å². The van der Waals surface area contributed by atoms with Crippen LogP contribution in [0, 0.1) is 5.82 Å². The number of aromatic nitrogens is 1. The highest BCUT2D eigenvalue weighted by Gasteiger charge is 2.12. The first-order chi connectivity index (χ1) is 9.60. The Bertz CT molecular complexity index is 552. The molecule has 0 saturated heterocycles. The number of hydrogen-bond donors (Lipinski definition) is 2. The van der Waals surface area contributed by atoms with Crippen molar-refractivity contribution < 1.29 is 4.39 Å². The number of halogens is 1. The van der Waals surface area contributed by atoms with E-state index in [1.54, 1.807) is 6.20 Å². The fourth-order valence-electron chi connectivity index (χ4n) is 2.17. The second-order valence-electron chi connectivity index (χ2n) is 5.26. The van der Waals surface area contributed by atoms with Crippen molar-refractivity contribution in [2.45, 2.75) is 32.2 Å². The minimum atomic E-state index is -0.349. The van der Waals surface area contributed by atoms with Crippen molar-refractivity contribution in [3.8, 4) is 0 Å². The topological polar surface area (TPSA) is 50.9 Å². The highest BCUT2D eigenvalue weighted by molar-refractivity contribution is 5.27. The lowest BCUT2D eigenvalue weighted by Gasteiger charge is -2.16. The summed E-state index contributed by atoms with van der Waals surface area (Å²) in [6.45, 7) is 4.33. The van der Waals surface area contributed by atoms with E-state index in [-0.39, 0.29) is 11.9 Å². The molecule has 1 atom stereocenters. The summed E-state index contributed by atoms with van der Waals surface area (Å²) < 4.78 is 13.2. The fourth-order valence-corrected chi connectivity index (χ4v) is 2.17. The van der Waals surface area contributed by atoms with E-state index in [2.05, 4.69) is 48.5 Å². The molecule has 2 rings (SSSR count). The Morgan fingerprint density at radius 1 is 1.15 bits per heavy atom. The second kappa shape index (κ2) is 6.59. The van der Waals surface area contributed by atoms with Crippen molar-refractivity contribution in [2.24, 2.45) is 5.84 Å². The summed E-state index contributed by atoms with van der Waals surface area (Å²) in [7, 11) is 0. The molecule has 0 aliphatic rings. The van der Waals surface area contributed by atoms with Gasteiger partial charge in [0.2, 0.25) is 0 Å². The molecule has 0 aliphatic carbocycles. The van der Waals surface area contributed by atoms with Crippen molar-refractivity contribution in [3.05, 3.63) is 65.2 Å². The van der Waals surface area contributed by atoms with Crippen molar-refractivity contribution >= 4 is 0 Å². The van der Waals surface area contributed by atoms with Crippen LogP contribution in [-0.2, 0) is 6.42 Å². The van der Waals surface area contributed by atoms with Crippen LogP contribution in [0.2, 0.25) is 0 Å². The Kier molecular flexibility index (Phi) is 4.82. The molecule has 2 aromatic rings. The van der Waals surface area contributed by atoms with E-state index >= 15 is 0 Å². The monoisotopic (exact) mass is 273 g/mol. The van der Waals surface area contributed by atoms with Crippen molar-refractivity contribution in [1.29, 1.82) is 0 Å². The summed E-state index contributed by atoms with van der Waals surface area (Å²) in [5.41, 5.74) is 5.93. The molecular weight excluding hydrogens is 253 g/mol. The molecule has 0 aliphatic heterocycles. The highest BCUT2D eigenvalue weighted by atomic mass is 19.1. The summed E-state index contributed by atoms with van der Waals surface area (Å²) in [6.07, 6.45) is 3.52. The number of nitrogens with two attached hydrogens (primary N) is 1. The summed E-state index contributed by atoms with van der Waals surface area (Å²) in [6, 6.07) is 9.73. The van der Waals surface area contributed by atoms with E-state index in [1.165, 1.54) is 17.8 Å². The van der Waals surface area contributed by atoms with Gasteiger partial charge in [0.15, 0.2) is 0 Å². The van der Waals surface area contributed by atoms with Crippen LogP contribution in [0.5, 0.6) is 0 Å². The van der Waals surface area contributed by atoms with Crippen LogP contribution in [0.25, 0.3) is 0 Å². The minimum Gasteiger partial charge on any atom is -0.271 e. The van der Waals surface area contributed by atoms with Crippen LogP contribution in [0.1, 0.15) is 42.5 Å². The van der Waals surface area contributed by atoms with Crippen LogP contribution in [0.15, 0.2) is 42.7 Å². The molecule has 0 bridgehead atoms. The molecule has 3 nitrogen and oxygen atoms in total. The lowest BCUT2D eigenvalue weighted by atomic mass is 9.97. The van der Waals surface area contributed by atoms with Gasteiger partial charge in [0.25, 0.3) is 0 Å². The largest absolute Gasteiger partial charge is 0.271 e. The Morgan fingerprint density at radius 2 is 1.85 bits per heavy atom. The lowest BCUT2D eigenvalue weighted by molar-refractivity contribution is 0.541. The number of benzene rings is 1. The van der Waals surface area contributed by atoms with Gasteiger partial charge in [-0.3, -0.25) is 16.3 Å². The van der Waals surface area contributed by atoms with Gasteiger partial charge in [0.1, 0.15) is 5.82 Å². The van der Waals surface area contributed by atoms with Crippen LogP contribution in [0.3, 0.4) is 0 Å². The third kappa shape index (κ3) is 3.62. The molecule has 20 heavy (non-hydrogen) atoms. The fraction of sp³-hybridized carbons (Fsp3) is 0.312. The van der Waals surface area contributed by atoms with E-state index in [4.69, 9.17) is 5.84 Å². The SMILES string of the molecule is CC(C)c1ccc(CC(NN)c2cncc(F)c2)cc1. The molecule has 1 unspecified atom stereocenters. The molecule has 1 aromatic heterocycles. The van der Waals surface area contributed by atoms with E-state index in [1.807, 2.05) is 0 Å². The lowest BCUT2D eigenvalue weighted by Crippen LogP contribution is -2.29. The number of hydrazine groups is 1. The Morgan fingerprint density at radius 3 is 2.40 bits per heavy atom. The standard InChI is InChI=1S/C16H20FN3/c1-11(2)13-5-3-12(4-6-13)7-16(20-18)14-8-15(17)10-19-9-14/h3-6,8-11,16,20H,7,18H2,1-2H3. The maximum absolute atomic E-state index is 13.2. The molecule has 0 saturated carbocycles. The molecule has 1 aromatic carbocycles. The predicted molar refractivity (Wildman–Crippen MR) is 78.5 cm³/mol. The molecule has 4 heteroatoms. The number of hydrogen-bond acceptors (Lipinski definition) is 3. The third-order valence-electron chi connectivity index (χ3n) is 3.42. The smallest absolute Gasteiger partial charge is 0.141 e. The van der Waals surface area contributed by atoms with Crippen LogP contribution >= 0.6 is 0 Å². The predicted octanol–water partition coefficient (Wildman–Crippen LogP) is 3.09. The number of nitrogens with zero attached hydrogens (tertiary/aromatic N) is 1. The summed E-state index contributed by atoms with van der Waals surface area (Å²) in [5, 5.41) is 0. The van der Waals surface area contributed by atoms with E-state index in [0.29, 0.717) is 12.3 Å². The quantitative estimate of drug-likeness (QED) is 0.650. The van der Waals surface area contributed by atoms with Gasteiger partial charge in [0.05, 0.1) is 12.2 Å². The maximum Gasteiger partial charge on any atom is 0.141 e. The van der Waals surface area contributed by atoms with Gasteiger partial charge in [-0.25, -0.2) is 4.39 Å². The van der Waals surface area contributed by atoms with Gasteiger partial charge in [0, 0.05) is 6.20 Å². The van der Waals surface area contributed by atoms with Gasteiger partial charge >= 0.3 is 0 Å². The van der Waals surface area contributed by atoms with Gasteiger partial charge in [-0.15, -0.1) is 0 Å². The zero-order chi connectivity index (χ0) is 14.5. The first kappa shape index (κ1) is 14.6. The number of nitrogens with one attached hydrogen (secondary N) is 1. The zero-order valence-electron chi connectivity index (χ0n) is 11.8. The minimum absolute atomic E-state index is 0.150. The number of pyridine rings is 1. The average molecular weight is 273 g/mol. The zero-order valence-corrected chi connectivity index (χ0v) is 11.8. The molecule has 106 valence electrons. The van der Waals surface area contributed by atoms with E-state index in [9.17, 15) is 4.39 Å². The molecular formula is C16H20FN3. The Hall–Kier alpha value is -1.78. The Labute approximate surface area is 119 Å². The molecule has 1 heterocycles. The second-order valence-corrected chi connectivity index (χ2v) is 5.26. The summed E-state index contributed by atoms with van der Waals surface area (Å²) >= 11 is 0. The average Bonchev–Trinajstić information content (AvgIpc) is 2.45. The van der Waals surface area contributed by atoms with Crippen molar-refractivity contribution in [2.75, 3.05) is 0 Å². The van der Waals surface area contributed by atoms with E-state index < -0.39 is 0 Å². The van der Waals surface area contributed by atoms with Crippen molar-refractivity contribution in [3.63, 3.8) is 0 Å². The molecule has 3 N–H and O–H groups in total. The van der Waals surface area contributed by atoms with Crippen LogP contribution in [-0.4, -0.2) is 4.98 Å². The molecule has 0 radical (unpaired) electrons. The van der Waals surface area contributed by atoms with Crippen LogP contribution < -0.4 is 11.3 Å². The first-order valence-electron chi connectivity index (χ1n) is 6.75. The van der Waals surface area contributed by atoms with Gasteiger partial charge in [-0.2, -0.15) is 0 Å². The van der Waals surface area contributed by atoms with Gasteiger partial charge in [-0.1, -0.05) is 38.1 Å². The first-order valence-corrected chi connectivity index (χ1v) is 6.75. The molecule has 0 amide bonds. The summed E-state index contributed by atoms with van der Waals surface area (Å²) in [5.74, 6) is 5.75. The van der Waals surface area contributed by atoms with E-state index in [0.717, 1.165) is 11.1 Å². The molecule has 0 fully saturated rings. The number of rotatable bonds is 5. The maximum atomic E-state index is 13.2. The van der Waals surface area contributed by atoms with Gasteiger partial charge < -0.3 is 0 Å². The normalized spacial score (nSPS) is 12.7. The Balaban J connectivity index is 2.14. The van der Waals surface area contributed by atoms with Gasteiger partial charge in [-0.05, 0) is 35.1 Å². The molecule has 0 spiro atoms. The summed E-state index contributed by atoms with van der Waals surface area (Å²) in [4.78, 5) is 3.86. The third-order valence-corrected chi connectivity index (χ3v) is 3.42. The highest BCUT2D eigenvalue weighted by Crippen LogP contribution is 2.20.